The molecule has 31 heavy (non-hydrogen) atoms. The molecule has 2 aromatic carbocycles. The number of carbonyl (C=O) groups is 2. The number of benzene rings is 2. The van der Waals surface area contributed by atoms with Crippen LogP contribution in [-0.2, 0) is 32.7 Å². The van der Waals surface area contributed by atoms with Crippen LogP contribution >= 0.6 is 0 Å². The lowest BCUT2D eigenvalue weighted by molar-refractivity contribution is -0.129. The van der Waals surface area contributed by atoms with Gasteiger partial charge in [-0.2, -0.15) is 4.31 Å². The van der Waals surface area contributed by atoms with Crippen LogP contribution < -0.4 is 5.32 Å². The van der Waals surface area contributed by atoms with E-state index in [1.165, 1.54) is 4.31 Å². The van der Waals surface area contributed by atoms with E-state index in [-0.39, 0.29) is 29.0 Å². The normalized spacial score (nSPS) is 19.7. The van der Waals surface area contributed by atoms with Crippen LogP contribution in [-0.4, -0.2) is 49.1 Å². The average Bonchev–Trinajstić information content (AvgIpc) is 3.44. The molecule has 2 heterocycles. The summed E-state index contributed by atoms with van der Waals surface area (Å²) in [6.45, 7) is 2.36. The number of amides is 2. The summed E-state index contributed by atoms with van der Waals surface area (Å²) in [7, 11) is -3.43. The summed E-state index contributed by atoms with van der Waals surface area (Å²) in [6.07, 6.45) is 2.01. The van der Waals surface area contributed by atoms with Gasteiger partial charge in [0.15, 0.2) is 0 Å². The Balaban J connectivity index is 1.30. The van der Waals surface area contributed by atoms with E-state index in [1.54, 1.807) is 29.2 Å². The van der Waals surface area contributed by atoms with Crippen LogP contribution in [0.2, 0.25) is 0 Å². The van der Waals surface area contributed by atoms with Gasteiger partial charge in [0, 0.05) is 39.1 Å². The van der Waals surface area contributed by atoms with Gasteiger partial charge in [-0.25, -0.2) is 8.42 Å². The number of sulfonamides is 1. The molecule has 0 spiro atoms. The van der Waals surface area contributed by atoms with Crippen LogP contribution in [0.5, 0.6) is 0 Å². The molecule has 7 nitrogen and oxygen atoms in total. The minimum atomic E-state index is -3.43. The smallest absolute Gasteiger partial charge is 0.243 e. The summed E-state index contributed by atoms with van der Waals surface area (Å²) in [6, 6.07) is 16.4. The highest BCUT2D eigenvalue weighted by molar-refractivity contribution is 7.89. The molecule has 0 aliphatic carbocycles. The Hall–Kier alpha value is -2.71. The second-order valence-corrected chi connectivity index (χ2v) is 10.1. The average molecular weight is 442 g/mol. The molecule has 4 rings (SSSR count). The molecule has 2 aromatic rings. The third kappa shape index (κ3) is 4.97. The van der Waals surface area contributed by atoms with Gasteiger partial charge in [0.2, 0.25) is 21.8 Å². The first-order valence-electron chi connectivity index (χ1n) is 10.6. The van der Waals surface area contributed by atoms with Crippen molar-refractivity contribution < 1.29 is 18.0 Å². The van der Waals surface area contributed by atoms with E-state index >= 15 is 0 Å². The fourth-order valence-electron chi connectivity index (χ4n) is 4.09. The molecule has 2 aliphatic heterocycles. The van der Waals surface area contributed by atoms with Gasteiger partial charge in [-0.3, -0.25) is 9.59 Å². The summed E-state index contributed by atoms with van der Waals surface area (Å²) < 4.78 is 26.7. The molecule has 0 saturated carbocycles. The molecular formula is C23H27N3O4S. The molecule has 0 radical (unpaired) electrons. The van der Waals surface area contributed by atoms with Crippen LogP contribution in [0, 0.1) is 5.92 Å². The number of hydrogen-bond acceptors (Lipinski definition) is 4. The number of nitrogens with zero attached hydrogens (tertiary/aromatic N) is 2. The number of likely N-dealkylation sites (tertiary alicyclic amines) is 1. The molecule has 2 fully saturated rings. The van der Waals surface area contributed by atoms with Crippen LogP contribution in [0.3, 0.4) is 0 Å². The van der Waals surface area contributed by atoms with Crippen molar-refractivity contribution in [3.8, 4) is 0 Å². The second-order valence-electron chi connectivity index (χ2n) is 8.13. The van der Waals surface area contributed by atoms with Crippen LogP contribution in [0.4, 0.5) is 0 Å². The Morgan fingerprint density at radius 1 is 0.968 bits per heavy atom. The number of rotatable bonds is 7. The first-order valence-corrected chi connectivity index (χ1v) is 12.1. The molecular weight excluding hydrogens is 414 g/mol. The molecule has 8 heteroatoms. The molecule has 164 valence electrons. The van der Waals surface area contributed by atoms with E-state index in [1.807, 2.05) is 30.3 Å². The van der Waals surface area contributed by atoms with Crippen molar-refractivity contribution in [1.29, 1.82) is 0 Å². The van der Waals surface area contributed by atoms with Gasteiger partial charge >= 0.3 is 0 Å². The van der Waals surface area contributed by atoms with E-state index < -0.39 is 10.0 Å². The molecule has 1 atom stereocenters. The minimum Gasteiger partial charge on any atom is -0.352 e. The quantitative estimate of drug-likeness (QED) is 0.713. The van der Waals surface area contributed by atoms with Crippen molar-refractivity contribution in [2.24, 2.45) is 5.92 Å². The summed E-state index contributed by atoms with van der Waals surface area (Å²) in [5, 5.41) is 2.88. The summed E-state index contributed by atoms with van der Waals surface area (Å²) in [4.78, 5) is 26.9. The summed E-state index contributed by atoms with van der Waals surface area (Å²) >= 11 is 0. The SMILES string of the molecule is O=C(NCc1ccc(S(=O)(=O)N2CCCC2)cc1)C1CC(=O)N(Cc2ccccc2)C1. The van der Waals surface area contributed by atoms with Crippen molar-refractivity contribution in [3.05, 3.63) is 65.7 Å². The Labute approximate surface area is 183 Å². The highest BCUT2D eigenvalue weighted by Gasteiger charge is 2.34. The molecule has 0 aromatic heterocycles. The van der Waals surface area contributed by atoms with Gasteiger partial charge in [-0.15, -0.1) is 0 Å². The van der Waals surface area contributed by atoms with Crippen molar-refractivity contribution in [3.63, 3.8) is 0 Å². The van der Waals surface area contributed by atoms with E-state index in [0.29, 0.717) is 32.7 Å². The standard InChI is InChI=1S/C23H27N3O4S/c27-22-14-20(17-25(22)16-19-6-2-1-3-7-19)23(28)24-15-18-8-10-21(11-9-18)31(29,30)26-12-4-5-13-26/h1-3,6-11,20H,4-5,12-17H2,(H,24,28). The van der Waals surface area contributed by atoms with Crippen molar-refractivity contribution >= 4 is 21.8 Å². The molecule has 2 amide bonds. The molecule has 0 bridgehead atoms. The van der Waals surface area contributed by atoms with E-state index in [0.717, 1.165) is 24.0 Å². The zero-order valence-corrected chi connectivity index (χ0v) is 18.2. The lowest BCUT2D eigenvalue weighted by atomic mass is 10.1. The largest absolute Gasteiger partial charge is 0.352 e. The summed E-state index contributed by atoms with van der Waals surface area (Å²) in [5.41, 5.74) is 1.86. The Morgan fingerprint density at radius 3 is 2.32 bits per heavy atom. The Morgan fingerprint density at radius 2 is 1.65 bits per heavy atom. The highest BCUT2D eigenvalue weighted by Crippen LogP contribution is 2.22. The second kappa shape index (κ2) is 9.20. The predicted octanol–water partition coefficient (Wildman–Crippen LogP) is 2.14. The lowest BCUT2D eigenvalue weighted by Gasteiger charge is -2.17. The van der Waals surface area contributed by atoms with Crippen LogP contribution in [0.25, 0.3) is 0 Å². The van der Waals surface area contributed by atoms with Gasteiger partial charge in [-0.1, -0.05) is 42.5 Å². The number of carbonyl (C=O) groups excluding carboxylic acids is 2. The van der Waals surface area contributed by atoms with E-state index in [2.05, 4.69) is 5.32 Å². The molecule has 1 unspecified atom stereocenters. The first-order chi connectivity index (χ1) is 14.9. The van der Waals surface area contributed by atoms with Gasteiger partial charge in [0.05, 0.1) is 10.8 Å². The zero-order valence-electron chi connectivity index (χ0n) is 17.4. The lowest BCUT2D eigenvalue weighted by Crippen LogP contribution is -2.32. The maximum absolute atomic E-state index is 12.6. The fraction of sp³-hybridized carbons (Fsp3) is 0.391. The Bertz CT molecular complexity index is 1030. The number of nitrogens with one attached hydrogen (secondary N) is 1. The molecule has 2 saturated heterocycles. The van der Waals surface area contributed by atoms with Gasteiger partial charge < -0.3 is 10.2 Å². The third-order valence-corrected chi connectivity index (χ3v) is 7.81. The van der Waals surface area contributed by atoms with Crippen molar-refractivity contribution in [2.75, 3.05) is 19.6 Å². The molecule has 1 N–H and O–H groups in total. The molecule has 2 aliphatic rings. The zero-order chi connectivity index (χ0) is 21.8. The van der Waals surface area contributed by atoms with E-state index in [4.69, 9.17) is 0 Å². The maximum atomic E-state index is 12.6. The highest BCUT2D eigenvalue weighted by atomic mass is 32.2. The van der Waals surface area contributed by atoms with Crippen LogP contribution in [0.1, 0.15) is 30.4 Å². The minimum absolute atomic E-state index is 0.0134. The van der Waals surface area contributed by atoms with Crippen LogP contribution in [0.15, 0.2) is 59.5 Å². The monoisotopic (exact) mass is 441 g/mol. The first kappa shape index (κ1) is 21.5. The predicted molar refractivity (Wildman–Crippen MR) is 116 cm³/mol. The van der Waals surface area contributed by atoms with Crippen molar-refractivity contribution in [1.82, 2.24) is 14.5 Å². The fourth-order valence-corrected chi connectivity index (χ4v) is 5.61. The summed E-state index contributed by atoms with van der Waals surface area (Å²) in [5.74, 6) is -0.538. The topological polar surface area (TPSA) is 86.8 Å². The van der Waals surface area contributed by atoms with Crippen molar-refractivity contribution in [2.45, 2.75) is 37.2 Å². The van der Waals surface area contributed by atoms with Gasteiger partial charge in [0.1, 0.15) is 0 Å². The van der Waals surface area contributed by atoms with Gasteiger partial charge in [0.25, 0.3) is 0 Å². The third-order valence-electron chi connectivity index (χ3n) is 5.89. The van der Waals surface area contributed by atoms with E-state index in [9.17, 15) is 18.0 Å². The Kier molecular flexibility index (Phi) is 6.38. The van der Waals surface area contributed by atoms with Gasteiger partial charge in [-0.05, 0) is 36.1 Å². The maximum Gasteiger partial charge on any atom is 0.243 e. The number of hydrogen-bond donors (Lipinski definition) is 1.